The van der Waals surface area contributed by atoms with Crippen LogP contribution < -0.4 is 5.32 Å². The first-order chi connectivity index (χ1) is 20.4. The van der Waals surface area contributed by atoms with Gasteiger partial charge in [0.1, 0.15) is 18.4 Å². The number of imide groups is 1. The minimum Gasteiger partial charge on any atom is -0.456 e. The van der Waals surface area contributed by atoms with Crippen molar-refractivity contribution in [3.63, 3.8) is 0 Å². The number of para-hydroxylation sites is 2. The number of nitrogens with zero attached hydrogens (tertiary/aromatic N) is 2. The SMILES string of the molecule is CC12O[C@H](C[C@@H](OC(=O)c3ccccc3)[C@H]1O)n1c3ccccc3c3c4c(c5c6ccccc6n2c5c31)C(=O)NC4=O. The van der Waals surface area contributed by atoms with Gasteiger partial charge in [-0.15, -0.1) is 0 Å². The van der Waals surface area contributed by atoms with E-state index in [4.69, 9.17) is 9.47 Å². The molecule has 2 bridgehead atoms. The standard InChI is InChI=1S/C33H23N3O6/c1-33-29(37)21(41-32(40)16-9-3-2-4-10-16)15-22(42-33)35-19-13-7-5-11-17(19)23-25-26(31(39)34-30(25)38)24-18-12-6-8-14-20(18)36(33)28(24)27(23)35/h2-14,21-22,29,37H,15H2,1H3,(H,34,38,39)/t21-,22-,29-,33?/m1/s1. The van der Waals surface area contributed by atoms with E-state index in [1.54, 1.807) is 31.2 Å². The highest BCUT2D eigenvalue weighted by Gasteiger charge is 2.54. The lowest BCUT2D eigenvalue weighted by Gasteiger charge is -2.46. The Morgan fingerprint density at radius 2 is 1.48 bits per heavy atom. The Morgan fingerprint density at radius 3 is 2.19 bits per heavy atom. The summed E-state index contributed by atoms with van der Waals surface area (Å²) in [5, 5.41) is 17.4. The van der Waals surface area contributed by atoms with E-state index in [2.05, 4.69) is 5.32 Å². The molecule has 2 N–H and O–H groups in total. The second-order valence-electron chi connectivity index (χ2n) is 11.3. The second-order valence-corrected chi connectivity index (χ2v) is 11.3. The third kappa shape index (κ3) is 2.72. The number of benzene rings is 4. The van der Waals surface area contributed by atoms with Gasteiger partial charge in [0.05, 0.1) is 38.8 Å². The summed E-state index contributed by atoms with van der Waals surface area (Å²) < 4.78 is 16.8. The quantitative estimate of drug-likeness (QED) is 0.230. The highest BCUT2D eigenvalue weighted by Crippen LogP contribution is 2.53. The molecule has 6 aromatic rings. The molecule has 2 aromatic heterocycles. The molecule has 1 saturated heterocycles. The summed E-state index contributed by atoms with van der Waals surface area (Å²) in [5.41, 5.74) is 2.61. The van der Waals surface area contributed by atoms with E-state index >= 15 is 0 Å². The summed E-state index contributed by atoms with van der Waals surface area (Å²) in [7, 11) is 0. The number of hydrogen-bond donors (Lipinski definition) is 2. The van der Waals surface area contributed by atoms with E-state index in [0.717, 1.165) is 27.3 Å². The van der Waals surface area contributed by atoms with E-state index < -0.39 is 41.9 Å². The van der Waals surface area contributed by atoms with Crippen LogP contribution in [0.5, 0.6) is 0 Å². The molecule has 1 fully saturated rings. The summed E-state index contributed by atoms with van der Waals surface area (Å²) >= 11 is 0. The number of hydrogen-bond acceptors (Lipinski definition) is 6. The average molecular weight is 558 g/mol. The molecule has 1 unspecified atom stereocenters. The van der Waals surface area contributed by atoms with E-state index in [9.17, 15) is 19.5 Å². The van der Waals surface area contributed by atoms with Gasteiger partial charge in [0, 0.05) is 28.0 Å². The molecule has 42 heavy (non-hydrogen) atoms. The molecule has 5 heterocycles. The fourth-order valence-corrected chi connectivity index (χ4v) is 7.46. The number of aliphatic hydroxyl groups excluding tert-OH is 1. The molecule has 0 radical (unpaired) electrons. The first-order valence-electron chi connectivity index (χ1n) is 13.9. The largest absolute Gasteiger partial charge is 0.456 e. The summed E-state index contributed by atoms with van der Waals surface area (Å²) in [6.07, 6.45) is -2.65. The van der Waals surface area contributed by atoms with Gasteiger partial charge in [0.15, 0.2) is 5.72 Å². The second kappa shape index (κ2) is 7.84. The number of carbonyl (C=O) groups is 3. The number of ether oxygens (including phenoxy) is 2. The van der Waals surface area contributed by atoms with Gasteiger partial charge in [-0.1, -0.05) is 54.6 Å². The molecule has 9 heteroatoms. The Kier molecular flexibility index (Phi) is 4.42. The fraction of sp³-hybridized carbons (Fsp3) is 0.182. The topological polar surface area (TPSA) is 112 Å². The van der Waals surface area contributed by atoms with Gasteiger partial charge in [0.2, 0.25) is 0 Å². The van der Waals surface area contributed by atoms with Crippen LogP contribution in [-0.2, 0) is 15.2 Å². The average Bonchev–Trinajstić information content (AvgIpc) is 3.60. The highest BCUT2D eigenvalue weighted by molar-refractivity contribution is 6.39. The van der Waals surface area contributed by atoms with Crippen molar-refractivity contribution in [2.24, 2.45) is 0 Å². The number of amides is 2. The molecule has 3 aliphatic rings. The third-order valence-electron chi connectivity index (χ3n) is 9.15. The van der Waals surface area contributed by atoms with E-state index in [-0.39, 0.29) is 6.42 Å². The lowest BCUT2D eigenvalue weighted by molar-refractivity contribution is -0.271. The fourth-order valence-electron chi connectivity index (χ4n) is 7.46. The van der Waals surface area contributed by atoms with Gasteiger partial charge in [0.25, 0.3) is 11.8 Å². The molecular formula is C33H23N3O6. The monoisotopic (exact) mass is 557 g/mol. The first kappa shape index (κ1) is 23.7. The maximum atomic E-state index is 13.4. The summed E-state index contributed by atoms with van der Waals surface area (Å²) in [6, 6.07) is 24.0. The van der Waals surface area contributed by atoms with E-state index in [0.29, 0.717) is 33.0 Å². The maximum Gasteiger partial charge on any atom is 0.338 e. The van der Waals surface area contributed by atoms with Crippen LogP contribution in [0, 0.1) is 0 Å². The molecule has 0 saturated carbocycles. The first-order valence-corrected chi connectivity index (χ1v) is 13.9. The van der Waals surface area contributed by atoms with Gasteiger partial charge in [-0.3, -0.25) is 14.9 Å². The van der Waals surface area contributed by atoms with Crippen molar-refractivity contribution in [2.45, 2.75) is 37.5 Å². The Morgan fingerprint density at radius 1 is 0.881 bits per heavy atom. The lowest BCUT2D eigenvalue weighted by Crippen LogP contribution is -2.56. The minimum atomic E-state index is -1.40. The lowest BCUT2D eigenvalue weighted by atomic mass is 9.95. The number of nitrogens with one attached hydrogen (secondary N) is 1. The smallest absolute Gasteiger partial charge is 0.338 e. The highest BCUT2D eigenvalue weighted by atomic mass is 16.6. The summed E-state index contributed by atoms with van der Waals surface area (Å²) in [4.78, 5) is 40.1. The zero-order valence-electron chi connectivity index (χ0n) is 22.3. The number of aromatic nitrogens is 2. The van der Waals surface area contributed by atoms with Gasteiger partial charge in [-0.25, -0.2) is 4.79 Å². The zero-order chi connectivity index (χ0) is 28.5. The van der Waals surface area contributed by atoms with Crippen LogP contribution in [0.4, 0.5) is 0 Å². The Balaban J connectivity index is 1.43. The van der Waals surface area contributed by atoms with Crippen LogP contribution in [0.1, 0.15) is 50.6 Å². The molecule has 4 atom stereocenters. The van der Waals surface area contributed by atoms with Gasteiger partial charge >= 0.3 is 5.97 Å². The molecule has 2 amide bonds. The van der Waals surface area contributed by atoms with Crippen LogP contribution in [0.2, 0.25) is 0 Å². The maximum absolute atomic E-state index is 13.4. The zero-order valence-corrected chi connectivity index (χ0v) is 22.3. The van der Waals surface area contributed by atoms with Crippen molar-refractivity contribution >= 4 is 61.4 Å². The molecule has 0 aliphatic carbocycles. The van der Waals surface area contributed by atoms with Crippen LogP contribution in [0.15, 0.2) is 78.9 Å². The molecule has 4 aromatic carbocycles. The number of rotatable bonds is 2. The molecule has 206 valence electrons. The van der Waals surface area contributed by atoms with Crippen molar-refractivity contribution in [1.82, 2.24) is 14.5 Å². The Bertz CT molecular complexity index is 2210. The third-order valence-corrected chi connectivity index (χ3v) is 9.15. The molecule has 3 aliphatic heterocycles. The van der Waals surface area contributed by atoms with Crippen LogP contribution in [0.3, 0.4) is 0 Å². The molecule has 0 spiro atoms. The number of fused-ring (bicyclic) bond motifs is 13. The predicted molar refractivity (Wildman–Crippen MR) is 154 cm³/mol. The van der Waals surface area contributed by atoms with Gasteiger partial charge < -0.3 is 23.7 Å². The normalized spacial score (nSPS) is 24.5. The van der Waals surface area contributed by atoms with E-state index in [1.807, 2.05) is 63.7 Å². The predicted octanol–water partition coefficient (Wildman–Crippen LogP) is 4.98. The van der Waals surface area contributed by atoms with E-state index in [1.165, 1.54) is 0 Å². The van der Waals surface area contributed by atoms with Crippen molar-refractivity contribution in [2.75, 3.05) is 0 Å². The minimum absolute atomic E-state index is 0.176. The molecular weight excluding hydrogens is 534 g/mol. The molecule has 9 nitrogen and oxygen atoms in total. The number of aliphatic hydroxyl groups is 1. The Hall–Kier alpha value is -4.99. The Labute approximate surface area is 237 Å². The summed E-state index contributed by atoms with van der Waals surface area (Å²) in [6.45, 7) is 1.79. The van der Waals surface area contributed by atoms with Crippen molar-refractivity contribution < 1.29 is 29.0 Å². The summed E-state index contributed by atoms with van der Waals surface area (Å²) in [5.74, 6) is -1.43. The van der Waals surface area contributed by atoms with Crippen LogP contribution >= 0.6 is 0 Å². The van der Waals surface area contributed by atoms with Gasteiger partial charge in [-0.2, -0.15) is 0 Å². The van der Waals surface area contributed by atoms with Crippen molar-refractivity contribution in [3.8, 4) is 0 Å². The van der Waals surface area contributed by atoms with Crippen LogP contribution in [-0.4, -0.2) is 44.2 Å². The van der Waals surface area contributed by atoms with Crippen molar-refractivity contribution in [1.29, 1.82) is 0 Å². The van der Waals surface area contributed by atoms with Crippen LogP contribution in [0.25, 0.3) is 43.6 Å². The molecule has 9 rings (SSSR count). The number of carbonyl (C=O) groups excluding carboxylic acids is 3. The number of esters is 1. The van der Waals surface area contributed by atoms with Crippen molar-refractivity contribution in [3.05, 3.63) is 95.6 Å². The van der Waals surface area contributed by atoms with Gasteiger partial charge in [-0.05, 0) is 31.2 Å².